The van der Waals surface area contributed by atoms with E-state index in [1.165, 1.54) is 16.0 Å². The number of aryl methyl sites for hydroxylation is 2. The second-order valence-electron chi connectivity index (χ2n) is 7.57. The quantitative estimate of drug-likeness (QED) is 0.561. The van der Waals surface area contributed by atoms with E-state index in [4.69, 9.17) is 14.2 Å². The SMILES string of the molecule is CCOc1ccc([C@@H](CNc2ncnc3sc(C)c(C)c23)N2CCOCC2)cc1OC. The van der Waals surface area contributed by atoms with Crippen molar-refractivity contribution in [2.24, 2.45) is 0 Å². The molecule has 3 heterocycles. The van der Waals surface area contributed by atoms with Gasteiger partial charge in [-0.1, -0.05) is 6.07 Å². The topological polar surface area (TPSA) is 68.7 Å². The van der Waals surface area contributed by atoms with Crippen molar-refractivity contribution < 1.29 is 14.2 Å². The summed E-state index contributed by atoms with van der Waals surface area (Å²) in [4.78, 5) is 13.8. The molecule has 0 amide bonds. The van der Waals surface area contributed by atoms with Gasteiger partial charge in [0.1, 0.15) is 17.0 Å². The maximum atomic E-state index is 5.71. The van der Waals surface area contributed by atoms with Crippen molar-refractivity contribution in [2.45, 2.75) is 26.8 Å². The molecule has 0 radical (unpaired) electrons. The van der Waals surface area contributed by atoms with Crippen LogP contribution in [0.1, 0.15) is 29.0 Å². The van der Waals surface area contributed by atoms with Crippen LogP contribution in [0.2, 0.25) is 0 Å². The average Bonchev–Trinajstić information content (AvgIpc) is 3.09. The van der Waals surface area contributed by atoms with Gasteiger partial charge in [-0.2, -0.15) is 0 Å². The van der Waals surface area contributed by atoms with E-state index >= 15 is 0 Å². The summed E-state index contributed by atoms with van der Waals surface area (Å²) in [5, 5.41) is 4.74. The van der Waals surface area contributed by atoms with Crippen LogP contribution in [0.15, 0.2) is 24.5 Å². The van der Waals surface area contributed by atoms with Gasteiger partial charge in [-0.3, -0.25) is 4.90 Å². The minimum absolute atomic E-state index is 0.151. The molecule has 1 N–H and O–H groups in total. The molecule has 31 heavy (non-hydrogen) atoms. The minimum atomic E-state index is 0.151. The second-order valence-corrected chi connectivity index (χ2v) is 8.78. The first-order valence-electron chi connectivity index (χ1n) is 10.7. The zero-order valence-electron chi connectivity index (χ0n) is 18.6. The summed E-state index contributed by atoms with van der Waals surface area (Å²) in [6.07, 6.45) is 1.64. The van der Waals surface area contributed by atoms with Crippen molar-refractivity contribution in [1.29, 1.82) is 0 Å². The molecule has 1 aromatic carbocycles. The highest BCUT2D eigenvalue weighted by Crippen LogP contribution is 2.35. The van der Waals surface area contributed by atoms with Gasteiger partial charge < -0.3 is 19.5 Å². The Balaban J connectivity index is 1.64. The molecule has 7 nitrogen and oxygen atoms in total. The first kappa shape index (κ1) is 21.8. The lowest BCUT2D eigenvalue weighted by Gasteiger charge is -2.35. The van der Waals surface area contributed by atoms with Crippen LogP contribution in [0.5, 0.6) is 11.5 Å². The molecule has 1 aliphatic rings. The van der Waals surface area contributed by atoms with Gasteiger partial charge in [0.05, 0.1) is 38.4 Å². The summed E-state index contributed by atoms with van der Waals surface area (Å²) >= 11 is 1.71. The van der Waals surface area contributed by atoms with Gasteiger partial charge in [-0.25, -0.2) is 9.97 Å². The summed E-state index contributed by atoms with van der Waals surface area (Å²) in [7, 11) is 1.68. The third-order valence-corrected chi connectivity index (χ3v) is 6.90. The Bertz CT molecular complexity index is 1030. The van der Waals surface area contributed by atoms with Crippen molar-refractivity contribution in [3.8, 4) is 11.5 Å². The van der Waals surface area contributed by atoms with Gasteiger partial charge in [-0.15, -0.1) is 11.3 Å². The number of aromatic nitrogens is 2. The number of benzene rings is 1. The second kappa shape index (κ2) is 9.80. The first-order chi connectivity index (χ1) is 15.1. The van der Waals surface area contributed by atoms with Gasteiger partial charge in [0.2, 0.25) is 0 Å². The smallest absolute Gasteiger partial charge is 0.161 e. The van der Waals surface area contributed by atoms with E-state index in [9.17, 15) is 0 Å². The predicted octanol–water partition coefficient (Wildman–Crippen LogP) is 4.20. The van der Waals surface area contributed by atoms with Crippen LogP contribution in [0, 0.1) is 13.8 Å². The van der Waals surface area contributed by atoms with Crippen molar-refractivity contribution in [1.82, 2.24) is 14.9 Å². The Hall–Kier alpha value is -2.42. The molecular weight excluding hydrogens is 412 g/mol. The lowest BCUT2D eigenvalue weighted by molar-refractivity contribution is 0.0186. The van der Waals surface area contributed by atoms with Crippen LogP contribution in [0.3, 0.4) is 0 Å². The maximum absolute atomic E-state index is 5.71. The van der Waals surface area contributed by atoms with Crippen LogP contribution in [0.25, 0.3) is 10.2 Å². The summed E-state index contributed by atoms with van der Waals surface area (Å²) < 4.78 is 16.9. The van der Waals surface area contributed by atoms with Crippen LogP contribution in [-0.4, -0.2) is 61.4 Å². The van der Waals surface area contributed by atoms with Crippen LogP contribution < -0.4 is 14.8 Å². The number of hydrogen-bond donors (Lipinski definition) is 1. The molecule has 0 saturated carbocycles. The van der Waals surface area contributed by atoms with Gasteiger partial charge >= 0.3 is 0 Å². The average molecular weight is 443 g/mol. The lowest BCUT2D eigenvalue weighted by Crippen LogP contribution is -2.41. The molecule has 1 fully saturated rings. The maximum Gasteiger partial charge on any atom is 0.161 e. The molecule has 0 spiro atoms. The number of morpholine rings is 1. The molecule has 1 aliphatic heterocycles. The number of rotatable bonds is 8. The number of fused-ring (bicyclic) bond motifs is 1. The van der Waals surface area contributed by atoms with E-state index in [-0.39, 0.29) is 6.04 Å². The Morgan fingerprint density at radius 3 is 2.74 bits per heavy atom. The van der Waals surface area contributed by atoms with E-state index in [0.29, 0.717) is 6.61 Å². The fourth-order valence-electron chi connectivity index (χ4n) is 4.02. The van der Waals surface area contributed by atoms with Crippen molar-refractivity contribution in [2.75, 3.05) is 51.9 Å². The van der Waals surface area contributed by atoms with Crippen molar-refractivity contribution in [3.05, 3.63) is 40.5 Å². The molecule has 1 atom stereocenters. The van der Waals surface area contributed by atoms with Crippen LogP contribution in [-0.2, 0) is 4.74 Å². The lowest BCUT2D eigenvalue weighted by atomic mass is 10.0. The highest BCUT2D eigenvalue weighted by atomic mass is 32.1. The third kappa shape index (κ3) is 4.61. The van der Waals surface area contributed by atoms with Gasteiger partial charge in [0.25, 0.3) is 0 Å². The largest absolute Gasteiger partial charge is 0.493 e. The fourth-order valence-corrected chi connectivity index (χ4v) is 5.02. The molecule has 0 unspecified atom stereocenters. The van der Waals surface area contributed by atoms with E-state index in [1.807, 2.05) is 13.0 Å². The molecule has 0 aliphatic carbocycles. The van der Waals surface area contributed by atoms with Crippen LogP contribution in [0.4, 0.5) is 5.82 Å². The summed E-state index contributed by atoms with van der Waals surface area (Å²) in [6.45, 7) is 10.8. The Labute approximate surface area is 187 Å². The molecule has 1 saturated heterocycles. The Morgan fingerprint density at radius 2 is 2.00 bits per heavy atom. The number of hydrogen-bond acceptors (Lipinski definition) is 8. The number of nitrogens with zero attached hydrogens (tertiary/aromatic N) is 3. The van der Waals surface area contributed by atoms with E-state index in [0.717, 1.165) is 60.4 Å². The van der Waals surface area contributed by atoms with E-state index in [2.05, 4.69) is 46.2 Å². The highest BCUT2D eigenvalue weighted by molar-refractivity contribution is 7.18. The molecule has 4 rings (SSSR count). The summed E-state index contributed by atoms with van der Waals surface area (Å²) in [5.74, 6) is 2.42. The van der Waals surface area contributed by atoms with E-state index < -0.39 is 0 Å². The normalized spacial score (nSPS) is 15.7. The summed E-state index contributed by atoms with van der Waals surface area (Å²) in [6, 6.07) is 6.37. The number of methoxy groups -OCH3 is 1. The van der Waals surface area contributed by atoms with Crippen LogP contribution >= 0.6 is 11.3 Å². The van der Waals surface area contributed by atoms with Gasteiger partial charge in [-0.05, 0) is 44.0 Å². The fraction of sp³-hybridized carbons (Fsp3) is 0.478. The zero-order chi connectivity index (χ0) is 21.8. The third-order valence-electron chi connectivity index (χ3n) is 5.79. The summed E-state index contributed by atoms with van der Waals surface area (Å²) in [5.41, 5.74) is 2.42. The zero-order valence-corrected chi connectivity index (χ0v) is 19.4. The number of ether oxygens (including phenoxy) is 3. The molecule has 166 valence electrons. The molecule has 3 aromatic rings. The van der Waals surface area contributed by atoms with Crippen molar-refractivity contribution >= 4 is 27.4 Å². The Kier molecular flexibility index (Phi) is 6.89. The minimum Gasteiger partial charge on any atom is -0.493 e. The standard InChI is InChI=1S/C23H30N4O3S/c1-5-30-19-7-6-17(12-20(19)28-4)18(27-8-10-29-11-9-27)13-24-22-21-15(2)16(3)31-23(21)26-14-25-22/h6-7,12,14,18H,5,8-11,13H2,1-4H3,(H,24,25,26)/t18-/m1/s1. The van der Waals surface area contributed by atoms with Gasteiger partial charge in [0.15, 0.2) is 11.5 Å². The van der Waals surface area contributed by atoms with Crippen molar-refractivity contribution in [3.63, 3.8) is 0 Å². The number of anilines is 1. The monoisotopic (exact) mass is 442 g/mol. The first-order valence-corrected chi connectivity index (χ1v) is 11.5. The van der Waals surface area contributed by atoms with Gasteiger partial charge in [0, 0.05) is 24.5 Å². The molecule has 2 aromatic heterocycles. The molecule has 0 bridgehead atoms. The molecular formula is C23H30N4O3S. The Morgan fingerprint density at radius 1 is 1.19 bits per heavy atom. The number of thiophene rings is 1. The predicted molar refractivity (Wildman–Crippen MR) is 125 cm³/mol. The molecule has 8 heteroatoms. The highest BCUT2D eigenvalue weighted by Gasteiger charge is 2.24. The number of nitrogens with one attached hydrogen (secondary N) is 1. The van der Waals surface area contributed by atoms with E-state index in [1.54, 1.807) is 24.8 Å².